The highest BCUT2D eigenvalue weighted by atomic mass is 16.5. The van der Waals surface area contributed by atoms with E-state index in [2.05, 4.69) is 4.90 Å². The Hall–Kier alpha value is -2.81. The molecule has 0 radical (unpaired) electrons. The molecule has 2 saturated heterocycles. The fourth-order valence-electron chi connectivity index (χ4n) is 4.41. The van der Waals surface area contributed by atoms with Gasteiger partial charge in [-0.15, -0.1) is 0 Å². The number of anilines is 1. The van der Waals surface area contributed by atoms with Gasteiger partial charge in [-0.25, -0.2) is 4.79 Å². The number of amides is 2. The minimum Gasteiger partial charge on any atom is -0.481 e. The summed E-state index contributed by atoms with van der Waals surface area (Å²) < 4.78 is 10.7. The first-order valence-electron chi connectivity index (χ1n) is 11.2. The van der Waals surface area contributed by atoms with Crippen LogP contribution >= 0.6 is 0 Å². The monoisotopic (exact) mass is 447 g/mol. The molecule has 9 nitrogen and oxygen atoms in total. The number of benzene rings is 1. The predicted octanol–water partition coefficient (Wildman–Crippen LogP) is 2.06. The molecule has 0 saturated carbocycles. The van der Waals surface area contributed by atoms with E-state index in [9.17, 15) is 19.5 Å². The lowest BCUT2D eigenvalue weighted by Crippen LogP contribution is -2.63. The molecule has 0 aromatic heterocycles. The van der Waals surface area contributed by atoms with Crippen LogP contribution in [0, 0.1) is 5.92 Å². The van der Waals surface area contributed by atoms with E-state index in [4.69, 9.17) is 9.47 Å². The molecule has 0 aliphatic carbocycles. The summed E-state index contributed by atoms with van der Waals surface area (Å²) in [5.74, 6) is -2.50. The molecule has 2 heterocycles. The first kappa shape index (κ1) is 23.8. The smallest absolute Gasteiger partial charge is 0.410 e. The first-order valence-corrected chi connectivity index (χ1v) is 11.2. The number of para-hydroxylation sites is 1. The van der Waals surface area contributed by atoms with E-state index >= 15 is 0 Å². The van der Waals surface area contributed by atoms with Crippen LogP contribution in [0.5, 0.6) is 0 Å². The van der Waals surface area contributed by atoms with Crippen LogP contribution in [0.4, 0.5) is 10.5 Å². The van der Waals surface area contributed by atoms with E-state index in [-0.39, 0.29) is 18.9 Å². The molecule has 2 fully saturated rings. The molecule has 0 bridgehead atoms. The standard InChI is InChI=1S/C23H33N3O6/c1-3-4-14-32-18-15-19(22(28)29)20(26(16-18)23(30)31-2)21(27)25-12-10-24(11-13-25)17-8-6-5-7-9-17/h5-9,18-20H,3-4,10-16H2,1-2H3,(H,28,29). The van der Waals surface area contributed by atoms with Gasteiger partial charge in [0.05, 0.1) is 25.7 Å². The minimum atomic E-state index is -1.11. The summed E-state index contributed by atoms with van der Waals surface area (Å²) in [5, 5.41) is 9.89. The zero-order chi connectivity index (χ0) is 23.1. The number of piperidine rings is 1. The number of ether oxygens (including phenoxy) is 2. The third kappa shape index (κ3) is 5.51. The van der Waals surface area contributed by atoms with Gasteiger partial charge in [0, 0.05) is 38.5 Å². The summed E-state index contributed by atoms with van der Waals surface area (Å²) in [6.07, 6.45) is 0.835. The van der Waals surface area contributed by atoms with Gasteiger partial charge < -0.3 is 24.4 Å². The van der Waals surface area contributed by atoms with Crippen LogP contribution in [-0.2, 0) is 19.1 Å². The highest BCUT2D eigenvalue weighted by Crippen LogP contribution is 2.29. The van der Waals surface area contributed by atoms with Gasteiger partial charge in [0.1, 0.15) is 6.04 Å². The molecule has 3 atom stereocenters. The molecule has 9 heteroatoms. The highest BCUT2D eigenvalue weighted by molar-refractivity contribution is 5.91. The Bertz CT molecular complexity index is 781. The molecular weight excluding hydrogens is 414 g/mol. The first-order chi connectivity index (χ1) is 15.5. The number of methoxy groups -OCH3 is 1. The van der Waals surface area contributed by atoms with Crippen molar-refractivity contribution in [1.29, 1.82) is 0 Å². The molecule has 2 aliphatic rings. The fourth-order valence-corrected chi connectivity index (χ4v) is 4.41. The lowest BCUT2D eigenvalue weighted by Gasteiger charge is -2.44. The minimum absolute atomic E-state index is 0.139. The summed E-state index contributed by atoms with van der Waals surface area (Å²) in [6.45, 7) is 4.87. The number of carbonyl (C=O) groups excluding carboxylic acids is 2. The lowest BCUT2D eigenvalue weighted by molar-refractivity contribution is -0.158. The molecule has 3 unspecified atom stereocenters. The van der Waals surface area contributed by atoms with Crippen molar-refractivity contribution in [3.63, 3.8) is 0 Å². The Balaban J connectivity index is 1.73. The van der Waals surface area contributed by atoms with Crippen molar-refractivity contribution in [2.75, 3.05) is 51.3 Å². The average Bonchev–Trinajstić information content (AvgIpc) is 2.83. The van der Waals surface area contributed by atoms with Gasteiger partial charge in [0.15, 0.2) is 0 Å². The Morgan fingerprint density at radius 2 is 1.78 bits per heavy atom. The van der Waals surface area contributed by atoms with Crippen molar-refractivity contribution >= 4 is 23.7 Å². The maximum atomic E-state index is 13.5. The Morgan fingerprint density at radius 1 is 1.09 bits per heavy atom. The average molecular weight is 448 g/mol. The van der Waals surface area contributed by atoms with Gasteiger partial charge in [-0.2, -0.15) is 0 Å². The summed E-state index contributed by atoms with van der Waals surface area (Å²) in [5.41, 5.74) is 1.09. The van der Waals surface area contributed by atoms with Crippen LogP contribution in [-0.4, -0.2) is 91.5 Å². The molecule has 32 heavy (non-hydrogen) atoms. The second-order valence-corrected chi connectivity index (χ2v) is 8.24. The van der Waals surface area contributed by atoms with E-state index in [0.29, 0.717) is 32.8 Å². The number of carboxylic acid groups (broad SMARTS) is 1. The zero-order valence-electron chi connectivity index (χ0n) is 18.8. The quantitative estimate of drug-likeness (QED) is 0.639. The van der Waals surface area contributed by atoms with Gasteiger partial charge in [-0.3, -0.25) is 14.5 Å². The van der Waals surface area contributed by atoms with Gasteiger partial charge in [-0.05, 0) is 25.0 Å². The Kier molecular flexibility index (Phi) is 8.33. The molecule has 1 aromatic carbocycles. The van der Waals surface area contributed by atoms with Crippen molar-refractivity contribution in [1.82, 2.24) is 9.80 Å². The SMILES string of the molecule is CCCCOC1CC(C(=O)O)C(C(=O)N2CCN(c3ccccc3)CC2)N(C(=O)OC)C1. The molecule has 3 rings (SSSR count). The van der Waals surface area contributed by atoms with Crippen LogP contribution in [0.2, 0.25) is 0 Å². The van der Waals surface area contributed by atoms with Gasteiger partial charge in [0.2, 0.25) is 5.91 Å². The van der Waals surface area contributed by atoms with E-state index in [1.54, 1.807) is 4.90 Å². The molecule has 1 aromatic rings. The number of nitrogens with zero attached hydrogens (tertiary/aromatic N) is 3. The van der Waals surface area contributed by atoms with Crippen LogP contribution < -0.4 is 4.90 Å². The Labute approximate surface area is 188 Å². The zero-order valence-corrected chi connectivity index (χ0v) is 18.8. The molecule has 0 spiro atoms. The van der Waals surface area contributed by atoms with Gasteiger partial charge in [-0.1, -0.05) is 31.5 Å². The number of likely N-dealkylation sites (tertiary alicyclic amines) is 1. The number of unbranched alkanes of at least 4 members (excludes halogenated alkanes) is 1. The predicted molar refractivity (Wildman–Crippen MR) is 119 cm³/mol. The molecular formula is C23H33N3O6. The van der Waals surface area contributed by atoms with Crippen LogP contribution in [0.15, 0.2) is 30.3 Å². The Morgan fingerprint density at radius 3 is 2.38 bits per heavy atom. The fraction of sp³-hybridized carbons (Fsp3) is 0.609. The lowest BCUT2D eigenvalue weighted by atomic mass is 9.86. The third-order valence-corrected chi connectivity index (χ3v) is 6.18. The molecule has 2 amide bonds. The number of carboxylic acids is 1. The van der Waals surface area contributed by atoms with Crippen molar-refractivity contribution < 1.29 is 29.0 Å². The van der Waals surface area contributed by atoms with Crippen molar-refractivity contribution in [2.45, 2.75) is 38.3 Å². The normalized spacial score (nSPS) is 23.7. The number of hydrogen-bond donors (Lipinski definition) is 1. The molecule has 2 aliphatic heterocycles. The number of hydrogen-bond acceptors (Lipinski definition) is 6. The van der Waals surface area contributed by atoms with Crippen molar-refractivity contribution in [2.24, 2.45) is 5.92 Å². The third-order valence-electron chi connectivity index (χ3n) is 6.18. The summed E-state index contributed by atoms with van der Waals surface area (Å²) >= 11 is 0. The number of carbonyl (C=O) groups is 3. The van der Waals surface area contributed by atoms with Crippen LogP contribution in [0.3, 0.4) is 0 Å². The largest absolute Gasteiger partial charge is 0.481 e. The van der Waals surface area contributed by atoms with E-state index in [1.165, 1.54) is 12.0 Å². The van der Waals surface area contributed by atoms with Gasteiger partial charge >= 0.3 is 12.1 Å². The second kappa shape index (κ2) is 11.2. The number of aliphatic carboxylic acids is 1. The van der Waals surface area contributed by atoms with Crippen LogP contribution in [0.25, 0.3) is 0 Å². The van der Waals surface area contributed by atoms with Crippen molar-refractivity contribution in [3.8, 4) is 0 Å². The summed E-state index contributed by atoms with van der Waals surface area (Å²) in [4.78, 5) is 43.2. The topological polar surface area (TPSA) is 99.6 Å². The van der Waals surface area contributed by atoms with E-state index in [0.717, 1.165) is 18.5 Å². The summed E-state index contributed by atoms with van der Waals surface area (Å²) in [7, 11) is 1.24. The maximum absolute atomic E-state index is 13.5. The van der Waals surface area contributed by atoms with Gasteiger partial charge in [0.25, 0.3) is 0 Å². The molecule has 1 N–H and O–H groups in total. The number of rotatable bonds is 7. The maximum Gasteiger partial charge on any atom is 0.410 e. The van der Waals surface area contributed by atoms with E-state index in [1.807, 2.05) is 37.3 Å². The van der Waals surface area contributed by atoms with Crippen molar-refractivity contribution in [3.05, 3.63) is 30.3 Å². The van der Waals surface area contributed by atoms with E-state index < -0.39 is 30.1 Å². The molecule has 176 valence electrons. The summed E-state index contributed by atoms with van der Waals surface area (Å²) in [6, 6.07) is 8.85. The highest BCUT2D eigenvalue weighted by Gasteiger charge is 2.48. The van der Waals surface area contributed by atoms with Crippen LogP contribution in [0.1, 0.15) is 26.2 Å². The number of piperazine rings is 1. The second-order valence-electron chi connectivity index (χ2n) is 8.24.